The van der Waals surface area contributed by atoms with E-state index in [2.05, 4.69) is 14.7 Å². The average molecular weight is 434 g/mol. The van der Waals surface area contributed by atoms with Gasteiger partial charge in [-0.2, -0.15) is 0 Å². The lowest BCUT2D eigenvalue weighted by atomic mass is 10.1. The quantitative estimate of drug-likeness (QED) is 0.565. The highest BCUT2D eigenvalue weighted by atomic mass is 35.5. The van der Waals surface area contributed by atoms with Gasteiger partial charge in [-0.3, -0.25) is 4.72 Å². The van der Waals surface area contributed by atoms with E-state index >= 15 is 0 Å². The van der Waals surface area contributed by atoms with E-state index < -0.39 is 10.0 Å². The van der Waals surface area contributed by atoms with Crippen molar-refractivity contribution in [3.8, 4) is 5.88 Å². The minimum atomic E-state index is -3.87. The molecule has 0 saturated heterocycles. The molecule has 0 aliphatic heterocycles. The lowest BCUT2D eigenvalue weighted by Gasteiger charge is -2.15. The molecule has 3 aromatic rings. The van der Waals surface area contributed by atoms with E-state index in [-0.39, 0.29) is 36.2 Å². The zero-order valence-corrected chi connectivity index (χ0v) is 17.2. The minimum absolute atomic E-state index is 0.0106. The third-order valence-electron chi connectivity index (χ3n) is 4.12. The summed E-state index contributed by atoms with van der Waals surface area (Å²) in [6, 6.07) is 13.7. The van der Waals surface area contributed by atoms with Crippen LogP contribution in [0.15, 0.2) is 59.8 Å². The molecule has 0 bridgehead atoms. The van der Waals surface area contributed by atoms with Gasteiger partial charge in [-0.1, -0.05) is 47.5 Å². The number of benzene rings is 2. The number of anilines is 1. The van der Waals surface area contributed by atoms with E-state index in [1.54, 1.807) is 24.3 Å². The number of aliphatic hydroxyl groups is 1. The highest BCUT2D eigenvalue weighted by Gasteiger charge is 2.21. The second kappa shape index (κ2) is 9.21. The fourth-order valence-corrected chi connectivity index (χ4v) is 3.89. The first-order valence-electron chi connectivity index (χ1n) is 8.81. The SMILES string of the molecule is Cc1ccc(S(=O)(=O)Nc2ncnc(OCCO)c2Cc2ccccc2Cl)cc1. The summed E-state index contributed by atoms with van der Waals surface area (Å²) < 4.78 is 33.7. The Labute approximate surface area is 174 Å². The number of aryl methyl sites for hydroxylation is 1. The van der Waals surface area contributed by atoms with Crippen molar-refractivity contribution in [2.24, 2.45) is 0 Å². The number of aliphatic hydroxyl groups excluding tert-OH is 1. The highest BCUT2D eigenvalue weighted by molar-refractivity contribution is 7.92. The molecule has 7 nitrogen and oxygen atoms in total. The fraction of sp³-hybridized carbons (Fsp3) is 0.200. The first-order valence-corrected chi connectivity index (χ1v) is 10.7. The summed E-state index contributed by atoms with van der Waals surface area (Å²) >= 11 is 6.27. The van der Waals surface area contributed by atoms with Gasteiger partial charge >= 0.3 is 0 Å². The van der Waals surface area contributed by atoms with Crippen LogP contribution in [0.5, 0.6) is 5.88 Å². The van der Waals surface area contributed by atoms with Crippen LogP contribution in [0.1, 0.15) is 16.7 Å². The second-order valence-corrected chi connectivity index (χ2v) is 8.35. The Morgan fingerprint density at radius 2 is 1.83 bits per heavy atom. The van der Waals surface area contributed by atoms with Gasteiger partial charge in [0, 0.05) is 11.4 Å². The smallest absolute Gasteiger partial charge is 0.263 e. The number of ether oxygens (including phenoxy) is 1. The summed E-state index contributed by atoms with van der Waals surface area (Å²) in [5, 5.41) is 9.60. The standard InChI is InChI=1S/C20H20ClN3O4S/c1-14-6-8-16(9-7-14)29(26,27)24-19-17(12-15-4-2-3-5-18(15)21)20(23-13-22-19)28-11-10-25/h2-9,13,25H,10-12H2,1H3,(H,22,23,24). The molecule has 0 aliphatic rings. The van der Waals surface area contributed by atoms with Gasteiger partial charge < -0.3 is 9.84 Å². The molecule has 0 fully saturated rings. The van der Waals surface area contributed by atoms with Crippen LogP contribution >= 0.6 is 11.6 Å². The van der Waals surface area contributed by atoms with Crippen LogP contribution in [0.3, 0.4) is 0 Å². The van der Waals surface area contributed by atoms with Gasteiger partial charge in [0.2, 0.25) is 5.88 Å². The maximum absolute atomic E-state index is 12.8. The maximum atomic E-state index is 12.8. The Morgan fingerprint density at radius 1 is 1.10 bits per heavy atom. The van der Waals surface area contributed by atoms with E-state index in [0.717, 1.165) is 11.1 Å². The van der Waals surface area contributed by atoms with E-state index in [1.165, 1.54) is 18.5 Å². The summed E-state index contributed by atoms with van der Waals surface area (Å²) in [6.07, 6.45) is 1.45. The van der Waals surface area contributed by atoms with Crippen LogP contribution in [0.2, 0.25) is 5.02 Å². The van der Waals surface area contributed by atoms with Crippen molar-refractivity contribution in [1.29, 1.82) is 0 Å². The molecule has 2 N–H and O–H groups in total. The lowest BCUT2D eigenvalue weighted by molar-refractivity contribution is 0.195. The van der Waals surface area contributed by atoms with Crippen molar-refractivity contribution in [2.45, 2.75) is 18.2 Å². The molecule has 1 heterocycles. The van der Waals surface area contributed by atoms with E-state index in [9.17, 15) is 8.42 Å². The molecule has 0 aliphatic carbocycles. The van der Waals surface area contributed by atoms with E-state index in [0.29, 0.717) is 10.6 Å². The molecule has 2 aromatic carbocycles. The molecule has 9 heteroatoms. The molecule has 0 atom stereocenters. The number of nitrogens with one attached hydrogen (secondary N) is 1. The third-order valence-corrected chi connectivity index (χ3v) is 5.85. The average Bonchev–Trinajstić information content (AvgIpc) is 2.70. The van der Waals surface area contributed by atoms with Gasteiger partial charge in [0.15, 0.2) is 5.82 Å². The predicted molar refractivity (Wildman–Crippen MR) is 111 cm³/mol. The molecule has 0 amide bonds. The topological polar surface area (TPSA) is 101 Å². The van der Waals surface area contributed by atoms with Crippen LogP contribution < -0.4 is 9.46 Å². The second-order valence-electron chi connectivity index (χ2n) is 6.26. The molecule has 3 rings (SSSR count). The van der Waals surface area contributed by atoms with Gasteiger partial charge in [-0.15, -0.1) is 0 Å². The Hall–Kier alpha value is -2.68. The summed E-state index contributed by atoms with van der Waals surface area (Å²) in [5.41, 5.74) is 2.13. The van der Waals surface area contributed by atoms with Crippen molar-refractivity contribution in [1.82, 2.24) is 9.97 Å². The summed E-state index contributed by atoms with van der Waals surface area (Å²) in [6.45, 7) is 1.68. The molecule has 29 heavy (non-hydrogen) atoms. The summed E-state index contributed by atoms with van der Waals surface area (Å²) in [7, 11) is -3.87. The Kier molecular flexibility index (Phi) is 6.68. The van der Waals surface area contributed by atoms with Crippen LogP contribution in [0.25, 0.3) is 0 Å². The normalized spacial score (nSPS) is 11.3. The Morgan fingerprint density at radius 3 is 2.52 bits per heavy atom. The number of nitrogens with zero attached hydrogens (tertiary/aromatic N) is 2. The van der Waals surface area contributed by atoms with Crippen molar-refractivity contribution in [2.75, 3.05) is 17.9 Å². The van der Waals surface area contributed by atoms with Crippen LogP contribution in [-0.2, 0) is 16.4 Å². The molecule has 0 spiro atoms. The highest BCUT2D eigenvalue weighted by Crippen LogP contribution is 2.29. The first-order chi connectivity index (χ1) is 13.9. The number of hydrogen-bond acceptors (Lipinski definition) is 6. The molecule has 0 unspecified atom stereocenters. The van der Waals surface area contributed by atoms with Gasteiger partial charge in [0.1, 0.15) is 12.9 Å². The number of rotatable bonds is 8. The molecule has 1 aromatic heterocycles. The van der Waals surface area contributed by atoms with Crippen molar-refractivity contribution >= 4 is 27.4 Å². The first kappa shape index (κ1) is 21.0. The molecule has 152 valence electrons. The predicted octanol–water partition coefficient (Wildman–Crippen LogP) is 3.20. The van der Waals surface area contributed by atoms with Crippen molar-refractivity contribution < 1.29 is 18.3 Å². The van der Waals surface area contributed by atoms with Crippen LogP contribution in [0.4, 0.5) is 5.82 Å². The number of hydrogen-bond donors (Lipinski definition) is 2. The third kappa shape index (κ3) is 5.23. The van der Waals surface area contributed by atoms with Gasteiger partial charge in [0.25, 0.3) is 10.0 Å². The van der Waals surface area contributed by atoms with E-state index in [1.807, 2.05) is 19.1 Å². The van der Waals surface area contributed by atoms with Crippen molar-refractivity contribution in [3.05, 3.63) is 76.6 Å². The number of halogens is 1. The molecule has 0 radical (unpaired) electrons. The monoisotopic (exact) mass is 433 g/mol. The van der Waals surface area contributed by atoms with Crippen LogP contribution in [0, 0.1) is 6.92 Å². The van der Waals surface area contributed by atoms with E-state index in [4.69, 9.17) is 21.4 Å². The zero-order chi connectivity index (χ0) is 20.9. The molecular weight excluding hydrogens is 414 g/mol. The molecular formula is C20H20ClN3O4S. The zero-order valence-electron chi connectivity index (χ0n) is 15.7. The number of sulfonamides is 1. The largest absolute Gasteiger partial charge is 0.475 e. The minimum Gasteiger partial charge on any atom is -0.475 e. The number of aromatic nitrogens is 2. The van der Waals surface area contributed by atoms with Crippen molar-refractivity contribution in [3.63, 3.8) is 0 Å². The summed E-state index contributed by atoms with van der Waals surface area (Å²) in [4.78, 5) is 8.32. The Balaban J connectivity index is 2.01. The lowest BCUT2D eigenvalue weighted by Crippen LogP contribution is -2.17. The maximum Gasteiger partial charge on any atom is 0.263 e. The van der Waals surface area contributed by atoms with Gasteiger partial charge in [0.05, 0.1) is 17.1 Å². The van der Waals surface area contributed by atoms with Gasteiger partial charge in [-0.05, 0) is 30.7 Å². The van der Waals surface area contributed by atoms with Crippen LogP contribution in [-0.4, -0.2) is 36.7 Å². The Bertz CT molecular complexity index is 1090. The molecule has 0 saturated carbocycles. The fourth-order valence-electron chi connectivity index (χ4n) is 2.65. The summed E-state index contributed by atoms with van der Waals surface area (Å²) in [5.74, 6) is 0.268. The van der Waals surface area contributed by atoms with Gasteiger partial charge in [-0.25, -0.2) is 18.4 Å².